The first-order valence-electron chi connectivity index (χ1n) is 8.24. The van der Waals surface area contributed by atoms with Gasteiger partial charge in [-0.05, 0) is 24.3 Å². The summed E-state index contributed by atoms with van der Waals surface area (Å²) in [7, 11) is 1.72. The number of nitrogens with zero attached hydrogens (tertiary/aromatic N) is 3. The van der Waals surface area contributed by atoms with Gasteiger partial charge in [-0.3, -0.25) is 4.79 Å². The molecule has 1 aliphatic heterocycles. The van der Waals surface area contributed by atoms with E-state index in [1.54, 1.807) is 41.2 Å². The molecule has 0 bridgehead atoms. The van der Waals surface area contributed by atoms with Crippen molar-refractivity contribution in [2.45, 2.75) is 6.18 Å². The summed E-state index contributed by atoms with van der Waals surface area (Å²) in [6.07, 6.45) is -2.85. The van der Waals surface area contributed by atoms with Gasteiger partial charge < -0.3 is 15.1 Å². The molecule has 1 aromatic carbocycles. The highest BCUT2D eigenvalue weighted by molar-refractivity contribution is 5.95. The minimum Gasteiger partial charge on any atom is -0.373 e. The van der Waals surface area contributed by atoms with E-state index in [-0.39, 0.29) is 11.6 Å². The molecule has 0 atom stereocenters. The molecule has 5 nitrogen and oxygen atoms in total. The second kappa shape index (κ2) is 7.23. The summed E-state index contributed by atoms with van der Waals surface area (Å²) in [5.41, 5.74) is 0.0227. The van der Waals surface area contributed by atoms with Crippen molar-refractivity contribution in [3.8, 4) is 0 Å². The highest BCUT2D eigenvalue weighted by Crippen LogP contribution is 2.36. The first-order chi connectivity index (χ1) is 12.4. The van der Waals surface area contributed by atoms with Gasteiger partial charge in [0.2, 0.25) is 0 Å². The van der Waals surface area contributed by atoms with Crippen LogP contribution in [0.3, 0.4) is 0 Å². The van der Waals surface area contributed by atoms with Crippen molar-refractivity contribution in [2.24, 2.45) is 0 Å². The van der Waals surface area contributed by atoms with Crippen LogP contribution in [0.5, 0.6) is 0 Å². The Morgan fingerprint density at radius 3 is 2.46 bits per heavy atom. The van der Waals surface area contributed by atoms with Crippen LogP contribution in [0.15, 0.2) is 42.6 Å². The zero-order chi connectivity index (χ0) is 18.7. The number of hydrogen-bond acceptors (Lipinski definition) is 4. The summed E-state index contributed by atoms with van der Waals surface area (Å²) in [5.74, 6) is 0.446. The van der Waals surface area contributed by atoms with E-state index in [1.807, 2.05) is 0 Å². The highest BCUT2D eigenvalue weighted by Gasteiger charge is 2.35. The largest absolute Gasteiger partial charge is 0.418 e. The lowest BCUT2D eigenvalue weighted by Crippen LogP contribution is -2.49. The van der Waals surface area contributed by atoms with E-state index in [0.717, 1.165) is 6.07 Å². The zero-order valence-electron chi connectivity index (χ0n) is 14.3. The monoisotopic (exact) mass is 364 g/mol. The van der Waals surface area contributed by atoms with Crippen molar-refractivity contribution in [1.29, 1.82) is 0 Å². The van der Waals surface area contributed by atoms with E-state index in [0.29, 0.717) is 37.6 Å². The average Bonchev–Trinajstić information content (AvgIpc) is 2.67. The number of para-hydroxylation sites is 1. The molecule has 1 N–H and O–H groups in total. The number of halogens is 3. The molecule has 1 aromatic heterocycles. The van der Waals surface area contributed by atoms with Crippen LogP contribution in [-0.4, -0.2) is 49.0 Å². The minimum atomic E-state index is -4.40. The second-order valence-corrected chi connectivity index (χ2v) is 5.97. The summed E-state index contributed by atoms with van der Waals surface area (Å²) in [5, 5.41) is 2.88. The van der Waals surface area contributed by atoms with Crippen molar-refractivity contribution in [2.75, 3.05) is 43.4 Å². The van der Waals surface area contributed by atoms with E-state index in [2.05, 4.69) is 10.3 Å². The number of benzene rings is 1. The van der Waals surface area contributed by atoms with E-state index in [4.69, 9.17) is 0 Å². The number of carbonyl (C=O) groups excluding carboxylic acids is 1. The summed E-state index contributed by atoms with van der Waals surface area (Å²) in [4.78, 5) is 20.0. The molecule has 0 radical (unpaired) electrons. The van der Waals surface area contributed by atoms with Crippen LogP contribution in [-0.2, 0) is 6.18 Å². The van der Waals surface area contributed by atoms with Crippen LogP contribution in [0.1, 0.15) is 15.9 Å². The molecule has 1 saturated heterocycles. The smallest absolute Gasteiger partial charge is 0.373 e. The SMILES string of the molecule is CNc1cc(C(=O)N2CCN(c3ccccc3C(F)(F)F)CC2)ccn1. The second-order valence-electron chi connectivity index (χ2n) is 5.97. The van der Waals surface area contributed by atoms with Crippen LogP contribution < -0.4 is 10.2 Å². The molecule has 1 fully saturated rings. The predicted octanol–water partition coefficient (Wildman–Crippen LogP) is 3.10. The van der Waals surface area contributed by atoms with Crippen molar-refractivity contribution in [1.82, 2.24) is 9.88 Å². The molecule has 0 saturated carbocycles. The summed E-state index contributed by atoms with van der Waals surface area (Å²) in [6.45, 7) is 1.43. The van der Waals surface area contributed by atoms with Gasteiger partial charge in [-0.1, -0.05) is 12.1 Å². The van der Waals surface area contributed by atoms with Gasteiger partial charge in [0.05, 0.1) is 5.56 Å². The fraction of sp³-hybridized carbons (Fsp3) is 0.333. The standard InChI is InChI=1S/C18H19F3N4O/c1-22-16-12-13(6-7-23-16)17(26)25-10-8-24(9-11-25)15-5-3-2-4-14(15)18(19,20)21/h2-7,12H,8-11H2,1H3,(H,22,23). The summed E-state index contributed by atoms with van der Waals surface area (Å²) < 4.78 is 39.6. The fourth-order valence-electron chi connectivity index (χ4n) is 3.02. The van der Waals surface area contributed by atoms with Crippen LogP contribution in [0.25, 0.3) is 0 Å². The fourth-order valence-corrected chi connectivity index (χ4v) is 3.02. The van der Waals surface area contributed by atoms with E-state index >= 15 is 0 Å². The summed E-state index contributed by atoms with van der Waals surface area (Å²) >= 11 is 0. The Morgan fingerprint density at radius 2 is 1.81 bits per heavy atom. The van der Waals surface area contributed by atoms with Crippen LogP contribution in [0.2, 0.25) is 0 Å². The van der Waals surface area contributed by atoms with Gasteiger partial charge >= 0.3 is 6.18 Å². The summed E-state index contributed by atoms with van der Waals surface area (Å²) in [6, 6.07) is 8.83. The van der Waals surface area contributed by atoms with Gasteiger partial charge in [0.15, 0.2) is 0 Å². The number of piperazine rings is 1. The predicted molar refractivity (Wildman–Crippen MR) is 93.3 cm³/mol. The molecule has 0 unspecified atom stereocenters. The molecular weight excluding hydrogens is 345 g/mol. The van der Waals surface area contributed by atoms with Crippen molar-refractivity contribution in [3.63, 3.8) is 0 Å². The van der Waals surface area contributed by atoms with Gasteiger partial charge in [-0.2, -0.15) is 13.2 Å². The Kier molecular flexibility index (Phi) is 5.01. The maximum absolute atomic E-state index is 13.2. The Labute approximate surface area is 149 Å². The van der Waals surface area contributed by atoms with Crippen molar-refractivity contribution >= 4 is 17.4 Å². The third kappa shape index (κ3) is 3.74. The molecule has 0 spiro atoms. The number of anilines is 2. The number of aromatic nitrogens is 1. The molecule has 1 amide bonds. The maximum Gasteiger partial charge on any atom is 0.418 e. The minimum absolute atomic E-state index is 0.146. The lowest BCUT2D eigenvalue weighted by molar-refractivity contribution is -0.137. The third-order valence-corrected chi connectivity index (χ3v) is 4.38. The normalized spacial score (nSPS) is 15.1. The molecule has 2 aromatic rings. The quantitative estimate of drug-likeness (QED) is 0.909. The highest BCUT2D eigenvalue weighted by atomic mass is 19.4. The van der Waals surface area contributed by atoms with Crippen molar-refractivity contribution < 1.29 is 18.0 Å². The first-order valence-corrected chi connectivity index (χ1v) is 8.24. The maximum atomic E-state index is 13.2. The topological polar surface area (TPSA) is 48.5 Å². The third-order valence-electron chi connectivity index (χ3n) is 4.38. The molecule has 138 valence electrons. The van der Waals surface area contributed by atoms with Gasteiger partial charge in [-0.25, -0.2) is 4.98 Å². The van der Waals surface area contributed by atoms with Crippen molar-refractivity contribution in [3.05, 3.63) is 53.7 Å². The molecule has 3 rings (SSSR count). The lowest BCUT2D eigenvalue weighted by atomic mass is 10.1. The number of amides is 1. The number of hydrogen-bond donors (Lipinski definition) is 1. The molecule has 1 aliphatic rings. The molecule has 0 aliphatic carbocycles. The number of pyridine rings is 1. The average molecular weight is 364 g/mol. The molecule has 26 heavy (non-hydrogen) atoms. The Morgan fingerprint density at radius 1 is 1.12 bits per heavy atom. The van der Waals surface area contributed by atoms with Gasteiger partial charge in [0, 0.05) is 50.7 Å². The van der Waals surface area contributed by atoms with Gasteiger partial charge in [0.1, 0.15) is 5.82 Å². The number of nitrogens with one attached hydrogen (secondary N) is 1. The molecular formula is C18H19F3N4O. The molecule has 8 heteroatoms. The van der Waals surface area contributed by atoms with Crippen LogP contribution in [0.4, 0.5) is 24.7 Å². The van der Waals surface area contributed by atoms with E-state index < -0.39 is 11.7 Å². The Bertz CT molecular complexity index is 786. The van der Waals surface area contributed by atoms with E-state index in [9.17, 15) is 18.0 Å². The number of carbonyl (C=O) groups is 1. The Balaban J connectivity index is 1.71. The number of rotatable bonds is 3. The number of alkyl halides is 3. The van der Waals surface area contributed by atoms with Crippen LogP contribution >= 0.6 is 0 Å². The lowest BCUT2D eigenvalue weighted by Gasteiger charge is -2.37. The van der Waals surface area contributed by atoms with E-state index in [1.165, 1.54) is 12.1 Å². The van der Waals surface area contributed by atoms with Gasteiger partial charge in [0.25, 0.3) is 5.91 Å². The molecule has 2 heterocycles. The van der Waals surface area contributed by atoms with Gasteiger partial charge in [-0.15, -0.1) is 0 Å². The first kappa shape index (κ1) is 18.0. The Hall–Kier alpha value is -2.77. The van der Waals surface area contributed by atoms with Crippen LogP contribution in [0, 0.1) is 0 Å². The zero-order valence-corrected chi connectivity index (χ0v) is 14.3.